The lowest BCUT2D eigenvalue weighted by Crippen LogP contribution is -1.81. The first-order valence-electron chi connectivity index (χ1n) is 3.56. The molecule has 0 saturated carbocycles. The molecule has 0 radical (unpaired) electrons. The Balaban J connectivity index is 2.77. The van der Waals surface area contributed by atoms with Crippen LogP contribution in [0.4, 0.5) is 0 Å². The fraction of sp³-hybridized carbons (Fsp3) is 0.222. The fourth-order valence-corrected chi connectivity index (χ4v) is 0.834. The Morgan fingerprint density at radius 2 is 2.18 bits per heavy atom. The molecule has 1 N–H and O–H groups in total. The summed E-state index contributed by atoms with van der Waals surface area (Å²) in [6, 6.07) is 7.22. The van der Waals surface area contributed by atoms with Gasteiger partial charge in [0.1, 0.15) is 5.75 Å². The zero-order valence-corrected chi connectivity index (χ0v) is 6.49. The number of para-hydroxylation sites is 1. The first-order valence-corrected chi connectivity index (χ1v) is 3.56. The molecule has 0 bridgehead atoms. The Bertz CT molecular complexity index is 255. The molecule has 0 aliphatic rings. The van der Waals surface area contributed by atoms with E-state index in [0.29, 0.717) is 12.3 Å². The van der Waals surface area contributed by atoms with Gasteiger partial charge >= 0.3 is 0 Å². The highest BCUT2D eigenvalue weighted by molar-refractivity contribution is 5.53. The van der Waals surface area contributed by atoms with Crippen molar-refractivity contribution in [2.45, 2.75) is 13.5 Å². The molecule has 0 aromatic heterocycles. The van der Waals surface area contributed by atoms with Crippen molar-refractivity contribution in [1.82, 2.24) is 0 Å². The number of phenolic OH excluding ortho intramolecular Hbond substituents is 1. The van der Waals surface area contributed by atoms with Gasteiger partial charge in [-0.15, -0.1) is 0 Å². The predicted molar refractivity (Wildman–Crippen MR) is 46.0 cm³/mol. The van der Waals surface area contributed by atoms with Gasteiger partial charge in [-0.05, 0) is 19.2 Å². The molecule has 1 aromatic rings. The zero-order valence-electron chi connectivity index (χ0n) is 6.49. The zero-order chi connectivity index (χ0) is 8.10. The van der Waals surface area contributed by atoms with E-state index >= 15 is 0 Å². The summed E-state index contributed by atoms with van der Waals surface area (Å²) in [5.74, 6) is 0.318. The Morgan fingerprint density at radius 3 is 2.82 bits per heavy atom. The average Bonchev–Trinajstić information content (AvgIpc) is 2.03. The molecule has 0 amide bonds. The van der Waals surface area contributed by atoms with Gasteiger partial charge in [0, 0.05) is 5.56 Å². The summed E-state index contributed by atoms with van der Waals surface area (Å²) in [4.78, 5) is 4.02. The second-order valence-electron chi connectivity index (χ2n) is 2.23. The van der Waals surface area contributed by atoms with E-state index in [1.165, 1.54) is 0 Å². The largest absolute Gasteiger partial charge is 0.508 e. The Kier molecular flexibility index (Phi) is 2.66. The van der Waals surface area contributed by atoms with Crippen molar-refractivity contribution in [2.75, 3.05) is 0 Å². The van der Waals surface area contributed by atoms with Crippen LogP contribution in [-0.2, 0) is 6.54 Å². The molecule has 0 atom stereocenters. The van der Waals surface area contributed by atoms with Crippen LogP contribution < -0.4 is 0 Å². The normalized spacial score (nSPS) is 10.6. The summed E-state index contributed by atoms with van der Waals surface area (Å²) in [5, 5.41) is 9.26. The minimum Gasteiger partial charge on any atom is -0.508 e. The molecule has 0 fully saturated rings. The lowest BCUT2D eigenvalue weighted by Gasteiger charge is -1.98. The maximum Gasteiger partial charge on any atom is 0.120 e. The van der Waals surface area contributed by atoms with Crippen LogP contribution >= 0.6 is 0 Å². The quantitative estimate of drug-likeness (QED) is 0.641. The van der Waals surface area contributed by atoms with Crippen LogP contribution in [-0.4, -0.2) is 11.3 Å². The van der Waals surface area contributed by atoms with Gasteiger partial charge in [0.25, 0.3) is 0 Å². The predicted octanol–water partition coefficient (Wildman–Crippen LogP) is 1.98. The molecule has 0 aliphatic carbocycles. The summed E-state index contributed by atoms with van der Waals surface area (Å²) in [7, 11) is 0. The van der Waals surface area contributed by atoms with Crippen molar-refractivity contribution >= 4 is 6.21 Å². The van der Waals surface area contributed by atoms with Crippen molar-refractivity contribution < 1.29 is 5.11 Å². The monoisotopic (exact) mass is 149 g/mol. The van der Waals surface area contributed by atoms with Crippen LogP contribution in [0, 0.1) is 0 Å². The minimum absolute atomic E-state index is 0.318. The third-order valence-corrected chi connectivity index (χ3v) is 1.44. The van der Waals surface area contributed by atoms with Gasteiger partial charge in [-0.3, -0.25) is 4.99 Å². The van der Waals surface area contributed by atoms with Crippen molar-refractivity contribution in [3.63, 3.8) is 0 Å². The smallest absolute Gasteiger partial charge is 0.120 e. The van der Waals surface area contributed by atoms with Gasteiger partial charge in [0.05, 0.1) is 6.54 Å². The van der Waals surface area contributed by atoms with Crippen molar-refractivity contribution in [2.24, 2.45) is 4.99 Å². The lowest BCUT2D eigenvalue weighted by molar-refractivity contribution is 0.468. The highest BCUT2D eigenvalue weighted by Crippen LogP contribution is 2.15. The number of hydrogen-bond donors (Lipinski definition) is 1. The molecule has 0 heterocycles. The standard InChI is InChI=1S/C9H11NO/c1-2-10-7-8-5-3-4-6-9(8)11/h2-6,11H,7H2,1H3. The fourth-order valence-electron chi connectivity index (χ4n) is 0.834. The maximum atomic E-state index is 9.26. The topological polar surface area (TPSA) is 32.6 Å². The molecule has 11 heavy (non-hydrogen) atoms. The molecular formula is C9H11NO. The summed E-state index contributed by atoms with van der Waals surface area (Å²) >= 11 is 0. The lowest BCUT2D eigenvalue weighted by atomic mass is 10.2. The molecule has 1 rings (SSSR count). The maximum absolute atomic E-state index is 9.26. The highest BCUT2D eigenvalue weighted by atomic mass is 16.3. The molecule has 58 valence electrons. The molecule has 2 nitrogen and oxygen atoms in total. The van der Waals surface area contributed by atoms with E-state index in [4.69, 9.17) is 0 Å². The van der Waals surface area contributed by atoms with Gasteiger partial charge in [-0.1, -0.05) is 18.2 Å². The molecule has 1 aromatic carbocycles. The Labute approximate surface area is 66.2 Å². The number of benzene rings is 1. The number of aliphatic imine (C=N–C) groups is 1. The summed E-state index contributed by atoms with van der Waals surface area (Å²) in [6.45, 7) is 2.42. The molecule has 0 saturated heterocycles. The van der Waals surface area contributed by atoms with E-state index in [-0.39, 0.29) is 0 Å². The van der Waals surface area contributed by atoms with Crippen LogP contribution in [0.2, 0.25) is 0 Å². The SMILES string of the molecule is CC=NCc1ccccc1O. The third-order valence-electron chi connectivity index (χ3n) is 1.44. The van der Waals surface area contributed by atoms with Gasteiger partial charge in [0.15, 0.2) is 0 Å². The van der Waals surface area contributed by atoms with E-state index in [1.54, 1.807) is 18.3 Å². The molecule has 0 unspecified atom stereocenters. The van der Waals surface area contributed by atoms with Crippen molar-refractivity contribution in [3.8, 4) is 5.75 Å². The average molecular weight is 149 g/mol. The molecule has 0 spiro atoms. The number of hydrogen-bond acceptors (Lipinski definition) is 2. The van der Waals surface area contributed by atoms with Crippen LogP contribution in [0.5, 0.6) is 5.75 Å². The van der Waals surface area contributed by atoms with E-state index in [0.717, 1.165) is 5.56 Å². The highest BCUT2D eigenvalue weighted by Gasteiger charge is 1.95. The molecule has 2 heteroatoms. The summed E-state index contributed by atoms with van der Waals surface area (Å²) < 4.78 is 0. The van der Waals surface area contributed by atoms with Crippen LogP contribution in [0.15, 0.2) is 29.3 Å². The summed E-state index contributed by atoms with van der Waals surface area (Å²) in [6.07, 6.45) is 1.73. The second kappa shape index (κ2) is 3.76. The van der Waals surface area contributed by atoms with Crippen LogP contribution in [0.25, 0.3) is 0 Å². The number of rotatable bonds is 2. The van der Waals surface area contributed by atoms with E-state index in [9.17, 15) is 5.11 Å². The van der Waals surface area contributed by atoms with Gasteiger partial charge in [-0.2, -0.15) is 0 Å². The van der Waals surface area contributed by atoms with E-state index in [1.807, 2.05) is 19.1 Å². The number of aromatic hydroxyl groups is 1. The van der Waals surface area contributed by atoms with Gasteiger partial charge in [0.2, 0.25) is 0 Å². The Morgan fingerprint density at radius 1 is 1.45 bits per heavy atom. The Hall–Kier alpha value is -1.31. The first kappa shape index (κ1) is 7.79. The second-order valence-corrected chi connectivity index (χ2v) is 2.23. The van der Waals surface area contributed by atoms with E-state index < -0.39 is 0 Å². The molecular weight excluding hydrogens is 138 g/mol. The third kappa shape index (κ3) is 2.08. The number of phenols is 1. The van der Waals surface area contributed by atoms with Crippen LogP contribution in [0.1, 0.15) is 12.5 Å². The summed E-state index contributed by atoms with van der Waals surface area (Å²) in [5.41, 5.74) is 0.866. The molecule has 0 aliphatic heterocycles. The number of nitrogens with zero attached hydrogens (tertiary/aromatic N) is 1. The van der Waals surface area contributed by atoms with Gasteiger partial charge < -0.3 is 5.11 Å². The van der Waals surface area contributed by atoms with E-state index in [2.05, 4.69) is 4.99 Å². The minimum atomic E-state index is 0.318. The first-order chi connectivity index (χ1) is 5.34. The van der Waals surface area contributed by atoms with Crippen molar-refractivity contribution in [1.29, 1.82) is 0 Å². The van der Waals surface area contributed by atoms with Crippen LogP contribution in [0.3, 0.4) is 0 Å². The van der Waals surface area contributed by atoms with Crippen molar-refractivity contribution in [3.05, 3.63) is 29.8 Å². The van der Waals surface area contributed by atoms with Gasteiger partial charge in [-0.25, -0.2) is 0 Å².